The molecule has 3 N–H and O–H groups in total. The molecule has 0 aliphatic carbocycles. The van der Waals surface area contributed by atoms with E-state index in [0.29, 0.717) is 38.8 Å². The highest BCUT2D eigenvalue weighted by atomic mass is 35.5. The highest BCUT2D eigenvalue weighted by molar-refractivity contribution is 7.20. The first-order valence-corrected chi connectivity index (χ1v) is 11.6. The third-order valence-corrected chi connectivity index (χ3v) is 5.79. The topological polar surface area (TPSA) is 95.8 Å². The number of aromatic hydroxyl groups is 1. The molecule has 0 unspecified atom stereocenters. The van der Waals surface area contributed by atoms with E-state index in [2.05, 4.69) is 20.8 Å². The van der Waals surface area contributed by atoms with Crippen LogP contribution in [-0.4, -0.2) is 28.8 Å². The Morgan fingerprint density at radius 3 is 2.65 bits per heavy atom. The number of aromatic nitrogens is 1. The van der Waals surface area contributed by atoms with Gasteiger partial charge in [-0.25, -0.2) is 4.98 Å². The summed E-state index contributed by atoms with van der Waals surface area (Å²) in [5.74, 6) is 0.194. The second kappa shape index (κ2) is 10.8. The van der Waals surface area contributed by atoms with Gasteiger partial charge >= 0.3 is 0 Å². The molecule has 172 valence electrons. The monoisotopic (exact) mass is 492 g/mol. The van der Waals surface area contributed by atoms with Crippen molar-refractivity contribution in [3.8, 4) is 22.8 Å². The number of phenols is 1. The number of ether oxygens (including phenoxy) is 1. The summed E-state index contributed by atoms with van der Waals surface area (Å²) in [5.41, 5.74) is 5.64. The smallest absolute Gasteiger partial charge is 0.256 e. The van der Waals surface area contributed by atoms with Gasteiger partial charge in [0.1, 0.15) is 10.7 Å². The van der Waals surface area contributed by atoms with Gasteiger partial charge in [0, 0.05) is 16.1 Å². The summed E-state index contributed by atoms with van der Waals surface area (Å²) in [7, 11) is 0. The zero-order valence-electron chi connectivity index (χ0n) is 18.2. The Labute approximate surface area is 205 Å². The molecule has 1 heterocycles. The molecule has 0 fully saturated rings. The highest BCUT2D eigenvalue weighted by Gasteiger charge is 2.16. The number of thiazole rings is 1. The Morgan fingerprint density at radius 1 is 1.15 bits per heavy atom. The lowest BCUT2D eigenvalue weighted by Crippen LogP contribution is -2.11. The summed E-state index contributed by atoms with van der Waals surface area (Å²) in [6.07, 6.45) is 1.59. The number of carbonyl (C=O) groups is 1. The summed E-state index contributed by atoms with van der Waals surface area (Å²) in [4.78, 5) is 17.4. The molecule has 9 heteroatoms. The Kier molecular flexibility index (Phi) is 7.41. The molecule has 0 bridgehead atoms. The molecule has 34 heavy (non-hydrogen) atoms. The minimum absolute atomic E-state index is 0.0699. The van der Waals surface area contributed by atoms with Crippen molar-refractivity contribution in [2.45, 2.75) is 6.92 Å². The van der Waals surface area contributed by atoms with E-state index in [0.717, 1.165) is 11.1 Å². The number of amides is 1. The number of hydrazone groups is 1. The van der Waals surface area contributed by atoms with Crippen molar-refractivity contribution in [2.24, 2.45) is 5.10 Å². The van der Waals surface area contributed by atoms with Crippen molar-refractivity contribution in [2.75, 3.05) is 17.3 Å². The van der Waals surface area contributed by atoms with Gasteiger partial charge in [-0.3, -0.25) is 10.2 Å². The lowest BCUT2D eigenvalue weighted by atomic mass is 10.1. The van der Waals surface area contributed by atoms with Crippen LogP contribution in [0.3, 0.4) is 0 Å². The van der Waals surface area contributed by atoms with Gasteiger partial charge in [-0.2, -0.15) is 5.10 Å². The van der Waals surface area contributed by atoms with Gasteiger partial charge in [0.25, 0.3) is 5.91 Å². The molecule has 0 aliphatic rings. The van der Waals surface area contributed by atoms with Crippen LogP contribution in [-0.2, 0) is 0 Å². The van der Waals surface area contributed by atoms with E-state index in [1.807, 2.05) is 37.3 Å². The number of hydrogen-bond acceptors (Lipinski definition) is 7. The minimum atomic E-state index is -0.264. The van der Waals surface area contributed by atoms with Crippen LogP contribution in [0.1, 0.15) is 22.8 Å². The normalized spacial score (nSPS) is 10.9. The fraction of sp³-hybridized carbons (Fsp3) is 0.0800. The lowest BCUT2D eigenvalue weighted by Gasteiger charge is -2.05. The maximum Gasteiger partial charge on any atom is 0.256 e. The zero-order valence-corrected chi connectivity index (χ0v) is 19.7. The SMILES string of the molecule is CCOc1cc(C=NNc2nc(-c3ccccc3)c(NC(=O)c3ccc(Cl)cc3)s2)ccc1O. The molecule has 0 saturated carbocycles. The average molecular weight is 493 g/mol. The van der Waals surface area contributed by atoms with Crippen LogP contribution < -0.4 is 15.5 Å². The number of phenolic OH excluding ortho intramolecular Hbond substituents is 1. The number of carbonyl (C=O) groups excluding carboxylic acids is 1. The molecule has 1 aromatic heterocycles. The fourth-order valence-corrected chi connectivity index (χ4v) is 4.02. The third-order valence-electron chi connectivity index (χ3n) is 4.67. The first kappa shape index (κ1) is 23.3. The van der Waals surface area contributed by atoms with Crippen molar-refractivity contribution < 1.29 is 14.6 Å². The van der Waals surface area contributed by atoms with Crippen LogP contribution in [0.5, 0.6) is 11.5 Å². The number of hydrogen-bond donors (Lipinski definition) is 3. The second-order valence-electron chi connectivity index (χ2n) is 7.05. The van der Waals surface area contributed by atoms with Gasteiger partial charge in [0.15, 0.2) is 11.5 Å². The molecular formula is C25H21ClN4O3S. The van der Waals surface area contributed by atoms with Crippen LogP contribution in [0.15, 0.2) is 77.9 Å². The first-order chi connectivity index (χ1) is 16.5. The summed E-state index contributed by atoms with van der Waals surface area (Å²) >= 11 is 7.20. The van der Waals surface area contributed by atoms with Gasteiger partial charge < -0.3 is 15.2 Å². The fourth-order valence-electron chi connectivity index (χ4n) is 3.07. The van der Waals surface area contributed by atoms with E-state index in [4.69, 9.17) is 16.3 Å². The lowest BCUT2D eigenvalue weighted by molar-refractivity contribution is 0.102. The number of anilines is 2. The summed E-state index contributed by atoms with van der Waals surface area (Å²) < 4.78 is 5.40. The van der Waals surface area contributed by atoms with Crippen molar-refractivity contribution in [3.63, 3.8) is 0 Å². The minimum Gasteiger partial charge on any atom is -0.504 e. The Balaban J connectivity index is 1.56. The first-order valence-electron chi connectivity index (χ1n) is 10.4. The van der Waals surface area contributed by atoms with E-state index in [1.165, 1.54) is 11.3 Å². The predicted octanol–water partition coefficient (Wildman–Crippen LogP) is 6.27. The molecule has 0 saturated heterocycles. The molecule has 0 atom stereocenters. The van der Waals surface area contributed by atoms with Crippen LogP contribution in [0.4, 0.5) is 10.1 Å². The van der Waals surface area contributed by atoms with Crippen molar-refractivity contribution in [3.05, 3.63) is 88.9 Å². The van der Waals surface area contributed by atoms with Crippen LogP contribution in [0.25, 0.3) is 11.3 Å². The number of halogens is 1. The van der Waals surface area contributed by atoms with Crippen molar-refractivity contribution in [1.29, 1.82) is 0 Å². The molecular weight excluding hydrogens is 472 g/mol. The van der Waals surface area contributed by atoms with Crippen LogP contribution >= 0.6 is 22.9 Å². The van der Waals surface area contributed by atoms with Gasteiger partial charge in [-0.1, -0.05) is 53.3 Å². The zero-order chi connectivity index (χ0) is 23.9. The van der Waals surface area contributed by atoms with Gasteiger partial charge in [-0.15, -0.1) is 0 Å². The summed E-state index contributed by atoms with van der Waals surface area (Å²) in [5, 5.41) is 18.7. The number of rotatable bonds is 8. The summed E-state index contributed by atoms with van der Waals surface area (Å²) in [6, 6.07) is 21.2. The van der Waals surface area contributed by atoms with Crippen LogP contribution in [0, 0.1) is 0 Å². The van der Waals surface area contributed by atoms with Crippen molar-refractivity contribution >= 4 is 45.2 Å². The molecule has 4 aromatic rings. The van der Waals surface area contributed by atoms with Gasteiger partial charge in [-0.05, 0) is 55.0 Å². The standard InChI is InChI=1S/C25H21ClN4O3S/c1-2-33-21-14-16(8-13-20(21)31)15-27-30-25-28-22(17-6-4-3-5-7-17)24(34-25)29-23(32)18-9-11-19(26)12-10-18/h3-15,31H,2H2,1H3,(H,28,30)(H,29,32). The molecule has 0 spiro atoms. The van der Waals surface area contributed by atoms with Crippen molar-refractivity contribution in [1.82, 2.24) is 4.98 Å². The van der Waals surface area contributed by atoms with E-state index < -0.39 is 0 Å². The van der Waals surface area contributed by atoms with Gasteiger partial charge in [0.2, 0.25) is 5.13 Å². The Bertz CT molecular complexity index is 1310. The quantitative estimate of drug-likeness (QED) is 0.199. The maximum absolute atomic E-state index is 12.8. The number of nitrogens with zero attached hydrogens (tertiary/aromatic N) is 2. The highest BCUT2D eigenvalue weighted by Crippen LogP contribution is 2.36. The molecule has 1 amide bonds. The molecule has 0 aliphatic heterocycles. The Morgan fingerprint density at radius 2 is 1.91 bits per heavy atom. The summed E-state index contributed by atoms with van der Waals surface area (Å²) in [6.45, 7) is 2.29. The Hall–Kier alpha value is -3.88. The number of benzene rings is 3. The molecule has 0 radical (unpaired) electrons. The van der Waals surface area contributed by atoms with E-state index >= 15 is 0 Å². The average Bonchev–Trinajstić information content (AvgIpc) is 3.24. The largest absolute Gasteiger partial charge is 0.504 e. The third kappa shape index (κ3) is 5.72. The van der Waals surface area contributed by atoms with E-state index in [1.54, 1.807) is 48.7 Å². The second-order valence-corrected chi connectivity index (χ2v) is 8.49. The molecule has 4 rings (SSSR count). The van der Waals surface area contributed by atoms with E-state index in [9.17, 15) is 9.90 Å². The predicted molar refractivity (Wildman–Crippen MR) is 137 cm³/mol. The van der Waals surface area contributed by atoms with Crippen LogP contribution in [0.2, 0.25) is 5.02 Å². The molecule has 3 aromatic carbocycles. The number of nitrogens with one attached hydrogen (secondary N) is 2. The van der Waals surface area contributed by atoms with Gasteiger partial charge in [0.05, 0.1) is 12.8 Å². The maximum atomic E-state index is 12.8. The van der Waals surface area contributed by atoms with E-state index in [-0.39, 0.29) is 11.7 Å². The molecule has 7 nitrogen and oxygen atoms in total.